The van der Waals surface area contributed by atoms with Crippen molar-refractivity contribution in [2.24, 2.45) is 5.92 Å². The van der Waals surface area contributed by atoms with E-state index >= 15 is 0 Å². The zero-order valence-electron chi connectivity index (χ0n) is 11.5. The fraction of sp³-hybridized carbons (Fsp3) is 0.533. The van der Waals surface area contributed by atoms with E-state index in [0.717, 1.165) is 18.9 Å². The molecule has 0 radical (unpaired) electrons. The SMILES string of the molecule is N#Cc1ccc(NCCC2CCCCC2)cc1[N+](=O)[O-]. The largest absolute Gasteiger partial charge is 0.385 e. The zero-order valence-corrected chi connectivity index (χ0v) is 11.5. The zero-order chi connectivity index (χ0) is 14.4. The standard InChI is InChI=1S/C15H19N3O2/c16-11-13-6-7-14(10-15(13)18(19)20)17-9-8-12-4-2-1-3-5-12/h6-7,10,12,17H,1-5,8-9H2. The summed E-state index contributed by atoms with van der Waals surface area (Å²) in [6.45, 7) is 0.827. The van der Waals surface area contributed by atoms with E-state index in [9.17, 15) is 10.1 Å². The third-order valence-electron chi connectivity index (χ3n) is 3.92. The molecule has 0 saturated heterocycles. The minimum Gasteiger partial charge on any atom is -0.385 e. The minimum absolute atomic E-state index is 0.104. The van der Waals surface area contributed by atoms with Crippen LogP contribution < -0.4 is 5.32 Å². The number of anilines is 1. The third kappa shape index (κ3) is 3.70. The van der Waals surface area contributed by atoms with Crippen LogP contribution in [-0.4, -0.2) is 11.5 Å². The Labute approximate surface area is 118 Å². The molecule has 5 nitrogen and oxygen atoms in total. The van der Waals surface area contributed by atoms with Gasteiger partial charge in [0.15, 0.2) is 0 Å². The van der Waals surface area contributed by atoms with Gasteiger partial charge in [-0.15, -0.1) is 0 Å². The molecule has 1 aliphatic rings. The van der Waals surface area contributed by atoms with E-state index in [1.165, 1.54) is 44.2 Å². The van der Waals surface area contributed by atoms with Gasteiger partial charge in [-0.1, -0.05) is 32.1 Å². The van der Waals surface area contributed by atoms with Crippen molar-refractivity contribution < 1.29 is 4.92 Å². The van der Waals surface area contributed by atoms with Crippen LogP contribution in [0.3, 0.4) is 0 Å². The molecule has 1 aliphatic carbocycles. The van der Waals surface area contributed by atoms with Crippen LogP contribution in [0.25, 0.3) is 0 Å². The van der Waals surface area contributed by atoms with Gasteiger partial charge in [0, 0.05) is 18.3 Å². The summed E-state index contributed by atoms with van der Waals surface area (Å²) in [6.07, 6.45) is 7.71. The van der Waals surface area contributed by atoms with E-state index in [2.05, 4.69) is 5.32 Å². The number of nitrogens with one attached hydrogen (secondary N) is 1. The summed E-state index contributed by atoms with van der Waals surface area (Å²) in [5, 5.41) is 22.9. The van der Waals surface area contributed by atoms with Crippen molar-refractivity contribution in [3.05, 3.63) is 33.9 Å². The number of benzene rings is 1. The van der Waals surface area contributed by atoms with Gasteiger partial charge in [0.1, 0.15) is 11.6 Å². The number of nitro groups is 1. The average Bonchev–Trinajstić information content (AvgIpc) is 2.48. The second-order valence-electron chi connectivity index (χ2n) is 5.32. The van der Waals surface area contributed by atoms with Gasteiger partial charge in [-0.05, 0) is 24.5 Å². The number of rotatable bonds is 5. The predicted molar refractivity (Wildman–Crippen MR) is 77.5 cm³/mol. The molecule has 0 spiro atoms. The highest BCUT2D eigenvalue weighted by molar-refractivity contribution is 5.59. The number of hydrogen-bond donors (Lipinski definition) is 1. The van der Waals surface area contributed by atoms with Crippen LogP contribution in [0.1, 0.15) is 44.1 Å². The Morgan fingerprint density at radius 1 is 1.35 bits per heavy atom. The Balaban J connectivity index is 1.91. The van der Waals surface area contributed by atoms with Gasteiger partial charge < -0.3 is 5.32 Å². The van der Waals surface area contributed by atoms with E-state index < -0.39 is 4.92 Å². The first kappa shape index (κ1) is 14.3. The highest BCUT2D eigenvalue weighted by atomic mass is 16.6. The molecular formula is C15H19N3O2. The molecule has 0 unspecified atom stereocenters. The maximum atomic E-state index is 10.9. The monoisotopic (exact) mass is 273 g/mol. The van der Waals surface area contributed by atoms with Crippen LogP contribution in [0.2, 0.25) is 0 Å². The van der Waals surface area contributed by atoms with Crippen molar-refractivity contribution in [1.82, 2.24) is 0 Å². The lowest BCUT2D eigenvalue weighted by Gasteiger charge is -2.21. The first-order valence-electron chi connectivity index (χ1n) is 7.13. The normalized spacial score (nSPS) is 15.6. The molecule has 2 rings (SSSR count). The van der Waals surface area contributed by atoms with Gasteiger partial charge >= 0.3 is 0 Å². The predicted octanol–water partition coefficient (Wildman–Crippen LogP) is 3.85. The van der Waals surface area contributed by atoms with Gasteiger partial charge in [0.2, 0.25) is 0 Å². The molecule has 1 aromatic carbocycles. The smallest absolute Gasteiger partial charge is 0.289 e. The summed E-state index contributed by atoms with van der Waals surface area (Å²) in [5.41, 5.74) is 0.689. The van der Waals surface area contributed by atoms with Crippen LogP contribution in [0, 0.1) is 27.4 Å². The van der Waals surface area contributed by atoms with Gasteiger partial charge in [-0.25, -0.2) is 0 Å². The van der Waals surface area contributed by atoms with Crippen molar-refractivity contribution in [3.8, 4) is 6.07 Å². The summed E-state index contributed by atoms with van der Waals surface area (Å²) in [4.78, 5) is 10.4. The molecular weight excluding hydrogens is 254 g/mol. The Morgan fingerprint density at radius 2 is 2.10 bits per heavy atom. The lowest BCUT2D eigenvalue weighted by Crippen LogP contribution is -2.12. The van der Waals surface area contributed by atoms with Crippen LogP contribution >= 0.6 is 0 Å². The molecule has 1 N–H and O–H groups in total. The fourth-order valence-electron chi connectivity index (χ4n) is 2.78. The first-order valence-corrected chi connectivity index (χ1v) is 7.13. The topological polar surface area (TPSA) is 79.0 Å². The summed E-state index contributed by atoms with van der Waals surface area (Å²) >= 11 is 0. The van der Waals surface area contributed by atoms with Crippen molar-refractivity contribution in [1.29, 1.82) is 5.26 Å². The second kappa shape index (κ2) is 6.90. The maximum Gasteiger partial charge on any atom is 0.289 e. The van der Waals surface area contributed by atoms with Crippen LogP contribution in [-0.2, 0) is 0 Å². The van der Waals surface area contributed by atoms with E-state index in [1.807, 2.05) is 6.07 Å². The van der Waals surface area contributed by atoms with Gasteiger partial charge in [0.05, 0.1) is 4.92 Å². The Bertz CT molecular complexity index is 516. The first-order chi connectivity index (χ1) is 9.70. The van der Waals surface area contributed by atoms with E-state index in [4.69, 9.17) is 5.26 Å². The van der Waals surface area contributed by atoms with E-state index in [-0.39, 0.29) is 11.3 Å². The Morgan fingerprint density at radius 3 is 2.75 bits per heavy atom. The Kier molecular flexibility index (Phi) is 4.94. The molecule has 0 amide bonds. The molecule has 0 aromatic heterocycles. The van der Waals surface area contributed by atoms with Crippen molar-refractivity contribution in [3.63, 3.8) is 0 Å². The molecule has 0 bridgehead atoms. The van der Waals surface area contributed by atoms with Gasteiger partial charge in [0.25, 0.3) is 5.69 Å². The van der Waals surface area contributed by atoms with Crippen molar-refractivity contribution >= 4 is 11.4 Å². The molecule has 20 heavy (non-hydrogen) atoms. The highest BCUT2D eigenvalue weighted by Gasteiger charge is 2.15. The molecule has 106 valence electrons. The molecule has 1 fully saturated rings. The molecule has 0 atom stereocenters. The number of nitro benzene ring substituents is 1. The van der Waals surface area contributed by atoms with E-state index in [1.54, 1.807) is 6.07 Å². The van der Waals surface area contributed by atoms with Crippen molar-refractivity contribution in [2.75, 3.05) is 11.9 Å². The highest BCUT2D eigenvalue weighted by Crippen LogP contribution is 2.27. The second-order valence-corrected chi connectivity index (χ2v) is 5.32. The quantitative estimate of drug-likeness (QED) is 0.652. The van der Waals surface area contributed by atoms with Crippen LogP contribution in [0.15, 0.2) is 18.2 Å². The van der Waals surface area contributed by atoms with Gasteiger partial charge in [-0.2, -0.15) is 5.26 Å². The summed E-state index contributed by atoms with van der Waals surface area (Å²) < 4.78 is 0. The van der Waals surface area contributed by atoms with Crippen molar-refractivity contribution in [2.45, 2.75) is 38.5 Å². The summed E-state index contributed by atoms with van der Waals surface area (Å²) in [5.74, 6) is 0.782. The molecule has 1 aromatic rings. The molecule has 0 aliphatic heterocycles. The summed E-state index contributed by atoms with van der Waals surface area (Å²) in [7, 11) is 0. The molecule has 1 saturated carbocycles. The Hall–Kier alpha value is -2.09. The molecule has 0 heterocycles. The average molecular weight is 273 g/mol. The lowest BCUT2D eigenvalue weighted by atomic mass is 9.87. The van der Waals surface area contributed by atoms with Gasteiger partial charge in [-0.3, -0.25) is 10.1 Å². The third-order valence-corrected chi connectivity index (χ3v) is 3.92. The van der Waals surface area contributed by atoms with Crippen LogP contribution in [0.5, 0.6) is 0 Å². The number of nitriles is 1. The maximum absolute atomic E-state index is 10.9. The fourth-order valence-corrected chi connectivity index (χ4v) is 2.78. The lowest BCUT2D eigenvalue weighted by molar-refractivity contribution is -0.385. The number of nitrogens with zero attached hydrogens (tertiary/aromatic N) is 2. The molecule has 5 heteroatoms. The number of hydrogen-bond acceptors (Lipinski definition) is 4. The summed E-state index contributed by atoms with van der Waals surface area (Å²) in [6, 6.07) is 6.52. The minimum atomic E-state index is -0.509. The van der Waals surface area contributed by atoms with Crippen LogP contribution in [0.4, 0.5) is 11.4 Å². The van der Waals surface area contributed by atoms with E-state index in [0.29, 0.717) is 5.69 Å².